The Kier molecular flexibility index (Phi) is 6.61. The van der Waals surface area contributed by atoms with E-state index in [4.69, 9.17) is 4.74 Å². The van der Waals surface area contributed by atoms with Crippen molar-refractivity contribution in [3.63, 3.8) is 0 Å². The summed E-state index contributed by atoms with van der Waals surface area (Å²) >= 11 is 0. The predicted octanol–water partition coefficient (Wildman–Crippen LogP) is 3.77. The average Bonchev–Trinajstić information content (AvgIpc) is 2.67. The molecule has 0 fully saturated rings. The molecule has 1 amide bonds. The van der Waals surface area contributed by atoms with Gasteiger partial charge in [0.2, 0.25) is 5.88 Å². The number of carbonyl (C=O) groups excluding carboxylic acids is 2. The third-order valence-corrected chi connectivity index (χ3v) is 3.89. The van der Waals surface area contributed by atoms with Gasteiger partial charge in [0.25, 0.3) is 5.91 Å². The van der Waals surface area contributed by atoms with Gasteiger partial charge in [-0.25, -0.2) is 4.98 Å². The Morgan fingerprint density at radius 3 is 2.29 bits per heavy atom. The number of esters is 1. The number of hydrogen-bond acceptors (Lipinski definition) is 5. The van der Waals surface area contributed by atoms with Crippen LogP contribution in [0.15, 0.2) is 42.6 Å². The maximum Gasteiger partial charge on any atom is 0.417 e. The smallest absolute Gasteiger partial charge is 0.417 e. The number of benzene rings is 1. The third kappa shape index (κ3) is 5.45. The molecule has 1 heterocycles. The number of hydrogen-bond donors (Lipinski definition) is 0. The lowest BCUT2D eigenvalue weighted by Gasteiger charge is -2.20. The minimum absolute atomic E-state index is 0.00361. The molecule has 1 aromatic heterocycles. The molecule has 0 aliphatic carbocycles. The third-order valence-electron chi connectivity index (χ3n) is 3.89. The Morgan fingerprint density at radius 1 is 1.14 bits per heavy atom. The highest BCUT2D eigenvalue weighted by Gasteiger charge is 2.30. The molecule has 0 aliphatic heterocycles. The molecule has 0 saturated carbocycles. The molecule has 0 aliphatic rings. The number of halogens is 3. The standard InChI is InChI=1S/C19H19F3N2O4/c1-12(18(26)27-3)11-24(2)17(25)13-4-7-15(8-5-13)28-16-9-6-14(10-23-16)19(20,21)22/h4-10,12H,11H2,1-3H3. The summed E-state index contributed by atoms with van der Waals surface area (Å²) < 4.78 is 47.6. The molecule has 0 saturated heterocycles. The maximum absolute atomic E-state index is 12.5. The van der Waals surface area contributed by atoms with Crippen molar-refractivity contribution in [1.82, 2.24) is 9.88 Å². The highest BCUT2D eigenvalue weighted by atomic mass is 19.4. The molecule has 2 rings (SSSR count). The van der Waals surface area contributed by atoms with Crippen molar-refractivity contribution in [2.75, 3.05) is 20.7 Å². The SMILES string of the molecule is COC(=O)C(C)CN(C)C(=O)c1ccc(Oc2ccc(C(F)(F)F)cn2)cc1. The van der Waals surface area contributed by atoms with E-state index in [1.807, 2.05) is 0 Å². The van der Waals surface area contributed by atoms with Crippen LogP contribution in [0.5, 0.6) is 11.6 Å². The molecule has 6 nitrogen and oxygen atoms in total. The summed E-state index contributed by atoms with van der Waals surface area (Å²) in [6, 6.07) is 8.03. The van der Waals surface area contributed by atoms with E-state index in [1.165, 1.54) is 36.3 Å². The lowest BCUT2D eigenvalue weighted by atomic mass is 10.1. The van der Waals surface area contributed by atoms with E-state index >= 15 is 0 Å². The Labute approximate surface area is 159 Å². The molecule has 150 valence electrons. The molecular formula is C19H19F3N2O4. The molecule has 9 heteroatoms. The first-order chi connectivity index (χ1) is 13.1. The van der Waals surface area contributed by atoms with Gasteiger partial charge in [0, 0.05) is 31.4 Å². The Balaban J connectivity index is 2.00. The summed E-state index contributed by atoms with van der Waals surface area (Å²) in [5.74, 6) is -0.861. The molecule has 0 radical (unpaired) electrons. The second-order valence-electron chi connectivity index (χ2n) is 6.12. The number of amides is 1. The van der Waals surface area contributed by atoms with Crippen molar-refractivity contribution in [2.45, 2.75) is 13.1 Å². The Morgan fingerprint density at radius 2 is 1.79 bits per heavy atom. The number of carbonyl (C=O) groups is 2. The Hall–Kier alpha value is -3.10. The number of aromatic nitrogens is 1. The first kappa shape index (κ1) is 21.2. The molecule has 1 unspecified atom stereocenters. The van der Waals surface area contributed by atoms with Crippen molar-refractivity contribution < 1.29 is 32.2 Å². The van der Waals surface area contributed by atoms with Crippen LogP contribution in [0.25, 0.3) is 0 Å². The monoisotopic (exact) mass is 396 g/mol. The van der Waals surface area contributed by atoms with E-state index < -0.39 is 23.6 Å². The first-order valence-electron chi connectivity index (χ1n) is 8.26. The van der Waals surface area contributed by atoms with Crippen LogP contribution in [-0.4, -0.2) is 42.5 Å². The summed E-state index contributed by atoms with van der Waals surface area (Å²) in [5.41, 5.74) is -0.502. The van der Waals surface area contributed by atoms with Crippen molar-refractivity contribution in [3.05, 3.63) is 53.7 Å². The van der Waals surface area contributed by atoms with Crippen LogP contribution >= 0.6 is 0 Å². The summed E-state index contributed by atoms with van der Waals surface area (Å²) in [6.07, 6.45) is -3.78. The van der Waals surface area contributed by atoms with Crippen molar-refractivity contribution in [3.8, 4) is 11.6 Å². The molecule has 1 atom stereocenters. The zero-order chi connectivity index (χ0) is 20.9. The first-order valence-corrected chi connectivity index (χ1v) is 8.26. The van der Waals surface area contributed by atoms with Gasteiger partial charge < -0.3 is 14.4 Å². The molecule has 1 aromatic carbocycles. The molecule has 0 spiro atoms. The largest absolute Gasteiger partial charge is 0.469 e. The highest BCUT2D eigenvalue weighted by Crippen LogP contribution is 2.30. The normalized spacial score (nSPS) is 12.2. The van der Waals surface area contributed by atoms with Crippen LogP contribution in [-0.2, 0) is 15.7 Å². The lowest BCUT2D eigenvalue weighted by molar-refractivity contribution is -0.145. The number of methoxy groups -OCH3 is 1. The summed E-state index contributed by atoms with van der Waals surface area (Å²) in [4.78, 5) is 28.9. The van der Waals surface area contributed by atoms with E-state index in [0.717, 1.165) is 12.1 Å². The van der Waals surface area contributed by atoms with Gasteiger partial charge in [-0.05, 0) is 30.3 Å². The van der Waals surface area contributed by atoms with Crippen LogP contribution in [0.2, 0.25) is 0 Å². The fourth-order valence-corrected chi connectivity index (χ4v) is 2.38. The molecule has 0 N–H and O–H groups in total. The maximum atomic E-state index is 12.5. The van der Waals surface area contributed by atoms with Crippen molar-refractivity contribution in [2.24, 2.45) is 5.92 Å². The summed E-state index contributed by atoms with van der Waals surface area (Å²) in [5, 5.41) is 0. The number of alkyl halides is 3. The topological polar surface area (TPSA) is 68.7 Å². The number of rotatable bonds is 6. The van der Waals surface area contributed by atoms with E-state index in [1.54, 1.807) is 14.0 Å². The predicted molar refractivity (Wildman–Crippen MR) is 93.9 cm³/mol. The minimum Gasteiger partial charge on any atom is -0.469 e. The molecule has 0 bridgehead atoms. The Bertz CT molecular complexity index is 821. The minimum atomic E-state index is -4.47. The molecule has 28 heavy (non-hydrogen) atoms. The van der Waals surface area contributed by atoms with E-state index in [2.05, 4.69) is 9.72 Å². The fourth-order valence-electron chi connectivity index (χ4n) is 2.38. The quantitative estimate of drug-likeness (QED) is 0.696. The van der Waals surface area contributed by atoms with Gasteiger partial charge in [0.1, 0.15) is 5.75 Å². The number of pyridine rings is 1. The van der Waals surface area contributed by atoms with Gasteiger partial charge in [-0.2, -0.15) is 13.2 Å². The van der Waals surface area contributed by atoms with Crippen LogP contribution in [0.3, 0.4) is 0 Å². The van der Waals surface area contributed by atoms with Crippen molar-refractivity contribution in [1.29, 1.82) is 0 Å². The van der Waals surface area contributed by atoms with Crippen LogP contribution < -0.4 is 4.74 Å². The number of ether oxygens (including phenoxy) is 2. The summed E-state index contributed by atoms with van der Waals surface area (Å²) in [7, 11) is 2.85. The van der Waals surface area contributed by atoms with E-state index in [9.17, 15) is 22.8 Å². The van der Waals surface area contributed by atoms with Crippen LogP contribution in [0, 0.1) is 5.92 Å². The second-order valence-corrected chi connectivity index (χ2v) is 6.12. The van der Waals surface area contributed by atoms with Gasteiger partial charge in [0.05, 0.1) is 18.6 Å². The van der Waals surface area contributed by atoms with Gasteiger partial charge in [-0.3, -0.25) is 9.59 Å². The fraction of sp³-hybridized carbons (Fsp3) is 0.316. The van der Waals surface area contributed by atoms with Crippen LogP contribution in [0.1, 0.15) is 22.8 Å². The van der Waals surface area contributed by atoms with Gasteiger partial charge in [0.15, 0.2) is 0 Å². The highest BCUT2D eigenvalue weighted by molar-refractivity contribution is 5.94. The van der Waals surface area contributed by atoms with Crippen molar-refractivity contribution >= 4 is 11.9 Å². The molecule has 2 aromatic rings. The zero-order valence-electron chi connectivity index (χ0n) is 15.5. The average molecular weight is 396 g/mol. The van der Waals surface area contributed by atoms with E-state index in [0.29, 0.717) is 17.5 Å². The van der Waals surface area contributed by atoms with Gasteiger partial charge >= 0.3 is 12.1 Å². The zero-order valence-corrected chi connectivity index (χ0v) is 15.5. The molecular weight excluding hydrogens is 377 g/mol. The second kappa shape index (κ2) is 8.73. The lowest BCUT2D eigenvalue weighted by Crippen LogP contribution is -2.34. The van der Waals surface area contributed by atoms with E-state index in [-0.39, 0.29) is 18.3 Å². The van der Waals surface area contributed by atoms with Gasteiger partial charge in [-0.15, -0.1) is 0 Å². The van der Waals surface area contributed by atoms with Gasteiger partial charge in [-0.1, -0.05) is 6.92 Å². The number of nitrogens with zero attached hydrogens (tertiary/aromatic N) is 2. The summed E-state index contributed by atoms with van der Waals surface area (Å²) in [6.45, 7) is 1.85. The van der Waals surface area contributed by atoms with Crippen LogP contribution in [0.4, 0.5) is 13.2 Å².